The van der Waals surface area contributed by atoms with Crippen LogP contribution >= 0.6 is 0 Å². The Labute approximate surface area is 79.4 Å². The van der Waals surface area contributed by atoms with Crippen LogP contribution in [-0.2, 0) is 10.0 Å². The van der Waals surface area contributed by atoms with Gasteiger partial charge >= 0.3 is 0 Å². The fourth-order valence-electron chi connectivity index (χ4n) is 2.32. The first-order chi connectivity index (χ1) is 6.15. The summed E-state index contributed by atoms with van der Waals surface area (Å²) >= 11 is 0. The van der Waals surface area contributed by atoms with Gasteiger partial charge in [0, 0.05) is 19.1 Å². The predicted molar refractivity (Wildman–Crippen MR) is 50.9 cm³/mol. The van der Waals surface area contributed by atoms with Gasteiger partial charge in [-0.25, -0.2) is 8.42 Å². The molecule has 2 aliphatic heterocycles. The summed E-state index contributed by atoms with van der Waals surface area (Å²) in [6.07, 6.45) is 1.02. The van der Waals surface area contributed by atoms with Gasteiger partial charge in [0.2, 0.25) is 10.0 Å². The second kappa shape index (κ2) is 3.22. The van der Waals surface area contributed by atoms with Crippen LogP contribution in [0.25, 0.3) is 0 Å². The summed E-state index contributed by atoms with van der Waals surface area (Å²) in [6, 6.07) is 0.241. The van der Waals surface area contributed by atoms with Crippen LogP contribution in [0, 0.1) is 5.92 Å². The van der Waals surface area contributed by atoms with Gasteiger partial charge in [-0.2, -0.15) is 4.31 Å². The molecule has 2 atom stereocenters. The summed E-state index contributed by atoms with van der Waals surface area (Å²) in [5.41, 5.74) is 0. The van der Waals surface area contributed by atoms with Crippen LogP contribution in [0.3, 0.4) is 0 Å². The Balaban J connectivity index is 2.18. The third-order valence-corrected chi connectivity index (χ3v) is 5.01. The number of fused-ring (bicyclic) bond motifs is 1. The van der Waals surface area contributed by atoms with E-state index in [1.54, 1.807) is 11.2 Å². The van der Waals surface area contributed by atoms with E-state index in [1.165, 1.54) is 0 Å². The van der Waals surface area contributed by atoms with Gasteiger partial charge in [0.15, 0.2) is 0 Å². The monoisotopic (exact) mass is 204 g/mol. The molecule has 0 aliphatic carbocycles. The van der Waals surface area contributed by atoms with Gasteiger partial charge in [-0.1, -0.05) is 0 Å². The Morgan fingerprint density at radius 2 is 2.23 bits per heavy atom. The summed E-state index contributed by atoms with van der Waals surface area (Å²) in [5, 5.41) is 3.24. The van der Waals surface area contributed by atoms with Gasteiger partial charge < -0.3 is 5.32 Å². The van der Waals surface area contributed by atoms with E-state index in [4.69, 9.17) is 0 Å². The lowest BCUT2D eigenvalue weighted by Gasteiger charge is -2.21. The maximum Gasteiger partial charge on any atom is 0.214 e. The smallest absolute Gasteiger partial charge is 0.214 e. The van der Waals surface area contributed by atoms with Crippen LogP contribution in [0.15, 0.2) is 0 Å². The first-order valence-corrected chi connectivity index (χ1v) is 6.46. The van der Waals surface area contributed by atoms with Gasteiger partial charge in [0.25, 0.3) is 0 Å². The average Bonchev–Trinajstić information content (AvgIpc) is 2.62. The molecule has 2 aliphatic rings. The number of sulfonamides is 1. The molecular weight excluding hydrogens is 188 g/mol. The van der Waals surface area contributed by atoms with Crippen molar-refractivity contribution in [2.24, 2.45) is 5.92 Å². The van der Waals surface area contributed by atoms with Crippen molar-refractivity contribution in [3.8, 4) is 0 Å². The third-order valence-electron chi connectivity index (χ3n) is 3.12. The molecule has 0 spiro atoms. The summed E-state index contributed by atoms with van der Waals surface area (Å²) in [4.78, 5) is 0. The zero-order valence-electron chi connectivity index (χ0n) is 7.86. The maximum atomic E-state index is 11.6. The number of hydrogen-bond donors (Lipinski definition) is 1. The topological polar surface area (TPSA) is 49.4 Å². The highest BCUT2D eigenvalue weighted by molar-refractivity contribution is 7.89. The lowest BCUT2D eigenvalue weighted by Crippen LogP contribution is -2.39. The van der Waals surface area contributed by atoms with Crippen molar-refractivity contribution < 1.29 is 8.42 Å². The molecule has 0 aromatic carbocycles. The molecule has 76 valence electrons. The lowest BCUT2D eigenvalue weighted by molar-refractivity contribution is 0.383. The second-order valence-electron chi connectivity index (χ2n) is 3.79. The van der Waals surface area contributed by atoms with Crippen LogP contribution < -0.4 is 5.32 Å². The van der Waals surface area contributed by atoms with E-state index >= 15 is 0 Å². The average molecular weight is 204 g/mol. The lowest BCUT2D eigenvalue weighted by atomic mass is 10.1. The van der Waals surface area contributed by atoms with Crippen molar-refractivity contribution >= 4 is 10.0 Å². The van der Waals surface area contributed by atoms with Crippen LogP contribution in [0.5, 0.6) is 0 Å². The van der Waals surface area contributed by atoms with Crippen LogP contribution in [-0.4, -0.2) is 44.2 Å². The minimum Gasteiger partial charge on any atom is -0.315 e. The SMILES string of the molecule is CCS(=O)(=O)N1CC[C@@H]2CNC[C@@H]21. The molecule has 5 heteroatoms. The second-order valence-corrected chi connectivity index (χ2v) is 6.00. The van der Waals surface area contributed by atoms with Crippen LogP contribution in [0.2, 0.25) is 0 Å². The van der Waals surface area contributed by atoms with Crippen molar-refractivity contribution in [1.29, 1.82) is 0 Å². The summed E-state index contributed by atoms with van der Waals surface area (Å²) < 4.78 is 25.0. The van der Waals surface area contributed by atoms with Crippen molar-refractivity contribution in [2.45, 2.75) is 19.4 Å². The van der Waals surface area contributed by atoms with E-state index < -0.39 is 10.0 Å². The van der Waals surface area contributed by atoms with Crippen molar-refractivity contribution in [3.05, 3.63) is 0 Å². The van der Waals surface area contributed by atoms with Gasteiger partial charge in [0.05, 0.1) is 5.75 Å². The molecule has 2 saturated heterocycles. The van der Waals surface area contributed by atoms with E-state index in [9.17, 15) is 8.42 Å². The predicted octanol–water partition coefficient (Wildman–Crippen LogP) is -0.370. The molecule has 2 fully saturated rings. The first-order valence-electron chi connectivity index (χ1n) is 4.85. The molecule has 2 heterocycles. The van der Waals surface area contributed by atoms with E-state index in [0.717, 1.165) is 26.1 Å². The van der Waals surface area contributed by atoms with Crippen molar-refractivity contribution in [2.75, 3.05) is 25.4 Å². The van der Waals surface area contributed by atoms with Crippen molar-refractivity contribution in [1.82, 2.24) is 9.62 Å². The third kappa shape index (κ3) is 1.49. The zero-order valence-corrected chi connectivity index (χ0v) is 8.68. The Hall–Kier alpha value is -0.130. The molecule has 0 saturated carbocycles. The van der Waals surface area contributed by atoms with Gasteiger partial charge in [-0.15, -0.1) is 0 Å². The highest BCUT2D eigenvalue weighted by atomic mass is 32.2. The van der Waals surface area contributed by atoms with Crippen molar-refractivity contribution in [3.63, 3.8) is 0 Å². The Kier molecular flexibility index (Phi) is 2.33. The maximum absolute atomic E-state index is 11.6. The summed E-state index contributed by atoms with van der Waals surface area (Å²) in [7, 11) is -2.96. The van der Waals surface area contributed by atoms with E-state index in [0.29, 0.717) is 5.92 Å². The van der Waals surface area contributed by atoms with Gasteiger partial charge in [-0.3, -0.25) is 0 Å². The number of hydrogen-bond acceptors (Lipinski definition) is 3. The molecule has 2 rings (SSSR count). The fraction of sp³-hybridized carbons (Fsp3) is 1.00. The minimum atomic E-state index is -2.96. The van der Waals surface area contributed by atoms with E-state index in [-0.39, 0.29) is 11.8 Å². The van der Waals surface area contributed by atoms with Gasteiger partial charge in [0.1, 0.15) is 0 Å². The van der Waals surface area contributed by atoms with Gasteiger partial charge in [-0.05, 0) is 25.8 Å². The summed E-state index contributed by atoms with van der Waals surface area (Å²) in [6.45, 7) is 4.27. The molecule has 1 N–H and O–H groups in total. The quantitative estimate of drug-likeness (QED) is 0.667. The number of nitrogens with zero attached hydrogens (tertiary/aromatic N) is 1. The molecule has 0 radical (unpaired) electrons. The molecule has 13 heavy (non-hydrogen) atoms. The number of nitrogens with one attached hydrogen (secondary N) is 1. The molecule has 0 bridgehead atoms. The largest absolute Gasteiger partial charge is 0.315 e. The molecule has 0 aromatic heterocycles. The minimum absolute atomic E-state index is 0.232. The molecule has 0 aromatic rings. The Bertz CT molecular complexity index is 289. The molecule has 4 nitrogen and oxygen atoms in total. The molecule has 0 amide bonds. The van der Waals surface area contributed by atoms with Crippen LogP contribution in [0.1, 0.15) is 13.3 Å². The highest BCUT2D eigenvalue weighted by Crippen LogP contribution is 2.29. The first kappa shape index (κ1) is 9.43. The van der Waals surface area contributed by atoms with E-state index in [2.05, 4.69) is 5.32 Å². The van der Waals surface area contributed by atoms with Crippen LogP contribution in [0.4, 0.5) is 0 Å². The molecule has 0 unspecified atom stereocenters. The molecular formula is C8H16N2O2S. The standard InChI is InChI=1S/C8H16N2O2S/c1-2-13(11,12)10-4-3-7-5-9-6-8(7)10/h7-9H,2-6H2,1H3/t7-,8+/m1/s1. The Morgan fingerprint density at radius 1 is 1.46 bits per heavy atom. The highest BCUT2D eigenvalue weighted by Gasteiger charge is 2.42. The summed E-state index contributed by atoms with van der Waals surface area (Å²) in [5.74, 6) is 0.789. The normalized spacial score (nSPS) is 35.2. The zero-order chi connectivity index (χ0) is 9.47. The van der Waals surface area contributed by atoms with E-state index in [1.807, 2.05) is 0 Å². The number of rotatable bonds is 2. The fourth-order valence-corrected chi connectivity index (χ4v) is 3.70. The Morgan fingerprint density at radius 3 is 2.92 bits per heavy atom.